The van der Waals surface area contributed by atoms with E-state index in [1.54, 1.807) is 6.92 Å². The van der Waals surface area contributed by atoms with Gasteiger partial charge in [-0.15, -0.1) is 0 Å². The second kappa shape index (κ2) is 5.09. The van der Waals surface area contributed by atoms with E-state index in [1.807, 2.05) is 13.8 Å². The lowest BCUT2D eigenvalue weighted by Crippen LogP contribution is -2.14. The van der Waals surface area contributed by atoms with Crippen molar-refractivity contribution in [2.45, 2.75) is 33.3 Å². The van der Waals surface area contributed by atoms with Crippen LogP contribution in [0.2, 0.25) is 0 Å². The number of carbonyl (C=O) groups is 1. The lowest BCUT2D eigenvalue weighted by Gasteiger charge is -2.09. The molecule has 0 aromatic rings. The summed E-state index contributed by atoms with van der Waals surface area (Å²) in [4.78, 5) is 10.6. The van der Waals surface area contributed by atoms with Crippen molar-refractivity contribution >= 4 is 6.16 Å². The largest absolute Gasteiger partial charge is 0.508 e. The smallest absolute Gasteiger partial charge is 0.435 e. The molecule has 0 bridgehead atoms. The van der Waals surface area contributed by atoms with Crippen molar-refractivity contribution in [2.24, 2.45) is 0 Å². The van der Waals surface area contributed by atoms with E-state index in [-0.39, 0.29) is 6.10 Å². The van der Waals surface area contributed by atoms with Crippen LogP contribution >= 0.6 is 0 Å². The number of ether oxygens (including phenoxy) is 2. The Morgan fingerprint density at radius 2 is 2.10 bits per heavy atom. The number of hydrogen-bond donors (Lipinski definition) is 0. The highest BCUT2D eigenvalue weighted by atomic mass is 16.7. The average Bonchev–Trinajstić information content (AvgIpc) is 1.88. The quantitative estimate of drug-likeness (QED) is 0.571. The Bertz CT molecular complexity index is 101. The summed E-state index contributed by atoms with van der Waals surface area (Å²) in [5.74, 6) is 0. The SMILES string of the molecule is CCOC(=O)O[C@@H](C)CC. The Morgan fingerprint density at radius 1 is 1.50 bits per heavy atom. The molecule has 0 saturated heterocycles. The van der Waals surface area contributed by atoms with Gasteiger partial charge in [0.05, 0.1) is 6.61 Å². The highest BCUT2D eigenvalue weighted by Gasteiger charge is 2.06. The fourth-order valence-electron chi connectivity index (χ4n) is 0.399. The zero-order valence-electron chi connectivity index (χ0n) is 6.72. The van der Waals surface area contributed by atoms with Crippen LogP contribution in [0.15, 0.2) is 0 Å². The second-order valence-corrected chi connectivity index (χ2v) is 2.02. The molecule has 0 aliphatic heterocycles. The van der Waals surface area contributed by atoms with Crippen LogP contribution in [0.25, 0.3) is 0 Å². The standard InChI is InChI=1S/C7H14O3/c1-4-6(3)10-7(8)9-5-2/h6H,4-5H2,1-3H3/t6-/m0/s1. The molecule has 0 aromatic carbocycles. The summed E-state index contributed by atoms with van der Waals surface area (Å²) in [6.45, 7) is 5.90. The zero-order chi connectivity index (χ0) is 7.98. The molecule has 3 nitrogen and oxygen atoms in total. The summed E-state index contributed by atoms with van der Waals surface area (Å²) in [7, 11) is 0. The third kappa shape index (κ3) is 4.18. The predicted molar refractivity (Wildman–Crippen MR) is 37.9 cm³/mol. The lowest BCUT2D eigenvalue weighted by atomic mass is 10.3. The van der Waals surface area contributed by atoms with E-state index in [2.05, 4.69) is 4.74 Å². The molecular formula is C7H14O3. The van der Waals surface area contributed by atoms with Crippen LogP contribution in [0.4, 0.5) is 4.79 Å². The minimum absolute atomic E-state index is 0.0425. The van der Waals surface area contributed by atoms with Gasteiger partial charge in [-0.05, 0) is 20.3 Å². The molecule has 0 fully saturated rings. The highest BCUT2D eigenvalue weighted by Crippen LogP contribution is 1.97. The third-order valence-corrected chi connectivity index (χ3v) is 1.13. The fraction of sp³-hybridized carbons (Fsp3) is 0.857. The Balaban J connectivity index is 3.37. The van der Waals surface area contributed by atoms with Crippen molar-refractivity contribution in [3.8, 4) is 0 Å². The Labute approximate surface area is 61.3 Å². The van der Waals surface area contributed by atoms with Gasteiger partial charge >= 0.3 is 6.16 Å². The second-order valence-electron chi connectivity index (χ2n) is 2.02. The van der Waals surface area contributed by atoms with Crippen molar-refractivity contribution < 1.29 is 14.3 Å². The molecule has 0 heterocycles. The molecule has 0 aromatic heterocycles. The molecule has 0 radical (unpaired) electrons. The minimum Gasteiger partial charge on any atom is -0.435 e. The molecule has 0 N–H and O–H groups in total. The van der Waals surface area contributed by atoms with Crippen molar-refractivity contribution in [3.63, 3.8) is 0 Å². The first kappa shape index (κ1) is 9.27. The molecule has 0 aliphatic rings. The van der Waals surface area contributed by atoms with Gasteiger partial charge < -0.3 is 9.47 Å². The average molecular weight is 146 g/mol. The Hall–Kier alpha value is -0.730. The van der Waals surface area contributed by atoms with Crippen molar-refractivity contribution in [1.82, 2.24) is 0 Å². The van der Waals surface area contributed by atoms with Crippen LogP contribution in [-0.4, -0.2) is 18.9 Å². The maximum atomic E-state index is 10.6. The Morgan fingerprint density at radius 3 is 2.50 bits per heavy atom. The fourth-order valence-corrected chi connectivity index (χ4v) is 0.399. The summed E-state index contributed by atoms with van der Waals surface area (Å²) in [6, 6.07) is 0. The van der Waals surface area contributed by atoms with E-state index in [9.17, 15) is 4.79 Å². The molecule has 10 heavy (non-hydrogen) atoms. The molecule has 3 heteroatoms. The summed E-state index contributed by atoms with van der Waals surface area (Å²) in [6.07, 6.45) is 0.203. The topological polar surface area (TPSA) is 35.5 Å². The van der Waals surface area contributed by atoms with Gasteiger partial charge in [0.2, 0.25) is 0 Å². The molecule has 0 saturated carbocycles. The first-order valence-electron chi connectivity index (χ1n) is 3.54. The predicted octanol–water partition coefficient (Wildman–Crippen LogP) is 1.96. The van der Waals surface area contributed by atoms with E-state index in [4.69, 9.17) is 4.74 Å². The van der Waals surface area contributed by atoms with Gasteiger partial charge in [0, 0.05) is 0 Å². The van der Waals surface area contributed by atoms with Gasteiger partial charge in [-0.25, -0.2) is 4.79 Å². The van der Waals surface area contributed by atoms with E-state index in [1.165, 1.54) is 0 Å². The van der Waals surface area contributed by atoms with E-state index >= 15 is 0 Å². The number of hydrogen-bond acceptors (Lipinski definition) is 3. The molecule has 0 unspecified atom stereocenters. The van der Waals surface area contributed by atoms with Crippen LogP contribution in [-0.2, 0) is 9.47 Å². The van der Waals surface area contributed by atoms with Crippen molar-refractivity contribution in [3.05, 3.63) is 0 Å². The lowest BCUT2D eigenvalue weighted by molar-refractivity contribution is 0.0312. The maximum absolute atomic E-state index is 10.6. The summed E-state index contributed by atoms with van der Waals surface area (Å²) in [5.41, 5.74) is 0. The molecular weight excluding hydrogens is 132 g/mol. The summed E-state index contributed by atoms with van der Waals surface area (Å²) in [5, 5.41) is 0. The molecule has 0 spiro atoms. The number of rotatable bonds is 3. The number of carbonyl (C=O) groups excluding carboxylic acids is 1. The molecule has 0 aliphatic carbocycles. The van der Waals surface area contributed by atoms with Crippen LogP contribution in [0.5, 0.6) is 0 Å². The van der Waals surface area contributed by atoms with Gasteiger partial charge in [-0.3, -0.25) is 0 Å². The van der Waals surface area contributed by atoms with E-state index in [0.29, 0.717) is 6.61 Å². The summed E-state index contributed by atoms with van der Waals surface area (Å²) >= 11 is 0. The highest BCUT2D eigenvalue weighted by molar-refractivity contribution is 5.59. The Kier molecular flexibility index (Phi) is 4.72. The van der Waals surface area contributed by atoms with Crippen LogP contribution in [0, 0.1) is 0 Å². The monoisotopic (exact) mass is 146 g/mol. The molecule has 0 amide bonds. The maximum Gasteiger partial charge on any atom is 0.508 e. The molecule has 60 valence electrons. The summed E-state index contributed by atoms with van der Waals surface area (Å²) < 4.78 is 9.33. The molecule has 0 rings (SSSR count). The van der Waals surface area contributed by atoms with E-state index < -0.39 is 6.16 Å². The van der Waals surface area contributed by atoms with E-state index in [0.717, 1.165) is 6.42 Å². The zero-order valence-corrected chi connectivity index (χ0v) is 6.72. The minimum atomic E-state index is -0.572. The van der Waals surface area contributed by atoms with Gasteiger partial charge in [0.25, 0.3) is 0 Å². The van der Waals surface area contributed by atoms with Gasteiger partial charge in [-0.2, -0.15) is 0 Å². The first-order chi connectivity index (χ1) is 4.70. The van der Waals surface area contributed by atoms with Crippen LogP contribution in [0.1, 0.15) is 27.2 Å². The van der Waals surface area contributed by atoms with Gasteiger partial charge in [0.15, 0.2) is 0 Å². The van der Waals surface area contributed by atoms with Crippen molar-refractivity contribution in [1.29, 1.82) is 0 Å². The van der Waals surface area contributed by atoms with Gasteiger partial charge in [-0.1, -0.05) is 6.92 Å². The van der Waals surface area contributed by atoms with Crippen molar-refractivity contribution in [2.75, 3.05) is 6.61 Å². The first-order valence-corrected chi connectivity index (χ1v) is 3.54. The molecule has 1 atom stereocenters. The normalized spacial score (nSPS) is 12.3. The third-order valence-electron chi connectivity index (χ3n) is 1.13. The van der Waals surface area contributed by atoms with Crippen LogP contribution in [0.3, 0.4) is 0 Å². The van der Waals surface area contributed by atoms with Gasteiger partial charge in [0.1, 0.15) is 6.10 Å². The van der Waals surface area contributed by atoms with Crippen LogP contribution < -0.4 is 0 Å².